The first kappa shape index (κ1) is 10.3. The lowest BCUT2D eigenvalue weighted by molar-refractivity contribution is -0.136. The molecule has 0 spiro atoms. The Balaban J connectivity index is 2.17. The summed E-state index contributed by atoms with van der Waals surface area (Å²) in [5, 5.41) is 3.34. The number of hydrogen-bond donors (Lipinski definition) is 1. The minimum absolute atomic E-state index is 0.240. The molecule has 1 saturated carbocycles. The lowest BCUT2D eigenvalue weighted by Gasteiger charge is -2.25. The van der Waals surface area contributed by atoms with E-state index in [0.29, 0.717) is 11.6 Å². The molecule has 1 aliphatic rings. The standard InChI is InChI=1S/C10H17NO2/c1-8(10(12)13-2)6-7-11-9-4-3-5-9/h6,9,11H,3-5,7H2,1-2H3. The molecule has 0 atom stereocenters. The van der Waals surface area contributed by atoms with E-state index in [0.717, 1.165) is 6.54 Å². The summed E-state index contributed by atoms with van der Waals surface area (Å²) in [6.45, 7) is 2.54. The van der Waals surface area contributed by atoms with Crippen LogP contribution in [0.4, 0.5) is 0 Å². The first-order chi connectivity index (χ1) is 6.24. The molecule has 0 aromatic carbocycles. The minimum atomic E-state index is -0.240. The van der Waals surface area contributed by atoms with Gasteiger partial charge in [-0.2, -0.15) is 0 Å². The predicted octanol–water partition coefficient (Wildman–Crippen LogP) is 1.25. The van der Waals surface area contributed by atoms with Crippen molar-refractivity contribution in [1.29, 1.82) is 0 Å². The largest absolute Gasteiger partial charge is 0.466 e. The molecule has 1 rings (SSSR count). The Morgan fingerprint density at radius 1 is 1.62 bits per heavy atom. The van der Waals surface area contributed by atoms with Crippen molar-refractivity contribution in [2.75, 3.05) is 13.7 Å². The molecule has 0 aliphatic heterocycles. The fourth-order valence-electron chi connectivity index (χ4n) is 1.24. The van der Waals surface area contributed by atoms with Crippen molar-refractivity contribution in [2.24, 2.45) is 0 Å². The Morgan fingerprint density at radius 3 is 2.77 bits per heavy atom. The van der Waals surface area contributed by atoms with Gasteiger partial charge in [-0.3, -0.25) is 0 Å². The lowest BCUT2D eigenvalue weighted by Crippen LogP contribution is -2.35. The molecule has 3 heteroatoms. The van der Waals surface area contributed by atoms with Crippen LogP contribution in [0.25, 0.3) is 0 Å². The Bertz CT molecular complexity index is 207. The highest BCUT2D eigenvalue weighted by atomic mass is 16.5. The summed E-state index contributed by atoms with van der Waals surface area (Å²) in [5.41, 5.74) is 0.675. The monoisotopic (exact) mass is 183 g/mol. The summed E-state index contributed by atoms with van der Waals surface area (Å²) < 4.78 is 4.57. The summed E-state index contributed by atoms with van der Waals surface area (Å²) in [5.74, 6) is -0.240. The Kier molecular flexibility index (Phi) is 3.96. The van der Waals surface area contributed by atoms with Crippen molar-refractivity contribution < 1.29 is 9.53 Å². The van der Waals surface area contributed by atoms with Crippen LogP contribution in [0.5, 0.6) is 0 Å². The highest BCUT2D eigenvalue weighted by Crippen LogP contribution is 2.17. The number of nitrogens with one attached hydrogen (secondary N) is 1. The average molecular weight is 183 g/mol. The van der Waals surface area contributed by atoms with Gasteiger partial charge in [-0.15, -0.1) is 0 Å². The molecular formula is C10H17NO2. The number of ether oxygens (including phenoxy) is 1. The van der Waals surface area contributed by atoms with Gasteiger partial charge in [-0.1, -0.05) is 12.5 Å². The maximum Gasteiger partial charge on any atom is 0.333 e. The SMILES string of the molecule is COC(=O)C(C)=CCNC1CCC1. The summed E-state index contributed by atoms with van der Waals surface area (Å²) in [6.07, 6.45) is 5.75. The van der Waals surface area contributed by atoms with Gasteiger partial charge in [0.15, 0.2) is 0 Å². The second-order valence-corrected chi connectivity index (χ2v) is 3.41. The van der Waals surface area contributed by atoms with Gasteiger partial charge >= 0.3 is 5.97 Å². The van der Waals surface area contributed by atoms with Crippen LogP contribution < -0.4 is 5.32 Å². The van der Waals surface area contributed by atoms with Gasteiger partial charge in [-0.25, -0.2) is 4.79 Å². The first-order valence-corrected chi connectivity index (χ1v) is 4.72. The summed E-state index contributed by atoms with van der Waals surface area (Å²) >= 11 is 0. The summed E-state index contributed by atoms with van der Waals surface area (Å²) in [7, 11) is 1.40. The number of carbonyl (C=O) groups is 1. The Morgan fingerprint density at radius 2 is 2.31 bits per heavy atom. The predicted molar refractivity (Wildman–Crippen MR) is 51.4 cm³/mol. The van der Waals surface area contributed by atoms with E-state index in [2.05, 4.69) is 10.1 Å². The van der Waals surface area contributed by atoms with Gasteiger partial charge in [0, 0.05) is 18.2 Å². The lowest BCUT2D eigenvalue weighted by atomic mass is 9.93. The van der Waals surface area contributed by atoms with E-state index >= 15 is 0 Å². The van der Waals surface area contributed by atoms with Crippen molar-refractivity contribution in [3.05, 3.63) is 11.6 Å². The zero-order chi connectivity index (χ0) is 9.68. The molecule has 0 aromatic heterocycles. The van der Waals surface area contributed by atoms with Gasteiger partial charge in [0.2, 0.25) is 0 Å². The van der Waals surface area contributed by atoms with E-state index in [1.807, 2.05) is 6.08 Å². The minimum Gasteiger partial charge on any atom is -0.466 e. The molecule has 1 N–H and O–H groups in total. The van der Waals surface area contributed by atoms with Crippen LogP contribution in [0.1, 0.15) is 26.2 Å². The number of methoxy groups -OCH3 is 1. The van der Waals surface area contributed by atoms with Crippen LogP contribution in [0.3, 0.4) is 0 Å². The third-order valence-electron chi connectivity index (χ3n) is 2.43. The number of hydrogen-bond acceptors (Lipinski definition) is 3. The van der Waals surface area contributed by atoms with Crippen molar-refractivity contribution in [3.8, 4) is 0 Å². The maximum atomic E-state index is 11.0. The first-order valence-electron chi connectivity index (χ1n) is 4.72. The molecule has 0 amide bonds. The van der Waals surface area contributed by atoms with Crippen LogP contribution in [-0.4, -0.2) is 25.7 Å². The van der Waals surface area contributed by atoms with Crippen molar-refractivity contribution in [3.63, 3.8) is 0 Å². The molecule has 0 aromatic rings. The van der Waals surface area contributed by atoms with Crippen molar-refractivity contribution in [1.82, 2.24) is 5.32 Å². The van der Waals surface area contributed by atoms with Crippen molar-refractivity contribution in [2.45, 2.75) is 32.2 Å². The number of esters is 1. The molecule has 74 valence electrons. The van der Waals surface area contributed by atoms with E-state index in [4.69, 9.17) is 0 Å². The summed E-state index contributed by atoms with van der Waals surface area (Å²) in [6, 6.07) is 0.668. The normalized spacial score (nSPS) is 18.2. The van der Waals surface area contributed by atoms with Crippen LogP contribution in [0.15, 0.2) is 11.6 Å². The van der Waals surface area contributed by atoms with Gasteiger partial charge < -0.3 is 10.1 Å². The quantitative estimate of drug-likeness (QED) is 0.526. The molecular weight excluding hydrogens is 166 g/mol. The number of carbonyl (C=O) groups excluding carboxylic acids is 1. The second kappa shape index (κ2) is 5.02. The molecule has 0 unspecified atom stereocenters. The Labute approximate surface area is 79.2 Å². The van der Waals surface area contributed by atoms with Gasteiger partial charge in [0.1, 0.15) is 0 Å². The van der Waals surface area contributed by atoms with E-state index in [9.17, 15) is 4.79 Å². The molecule has 13 heavy (non-hydrogen) atoms. The van der Waals surface area contributed by atoms with Crippen LogP contribution in [0, 0.1) is 0 Å². The molecule has 1 aliphatic carbocycles. The summed E-state index contributed by atoms with van der Waals surface area (Å²) in [4.78, 5) is 11.0. The fraction of sp³-hybridized carbons (Fsp3) is 0.700. The zero-order valence-corrected chi connectivity index (χ0v) is 8.30. The van der Waals surface area contributed by atoms with Crippen LogP contribution in [-0.2, 0) is 9.53 Å². The molecule has 1 fully saturated rings. The second-order valence-electron chi connectivity index (χ2n) is 3.41. The highest BCUT2D eigenvalue weighted by Gasteiger charge is 2.15. The van der Waals surface area contributed by atoms with Crippen molar-refractivity contribution >= 4 is 5.97 Å². The molecule has 3 nitrogen and oxygen atoms in total. The average Bonchev–Trinajstić information content (AvgIpc) is 2.07. The van der Waals surface area contributed by atoms with Gasteiger partial charge in [-0.05, 0) is 19.8 Å². The van der Waals surface area contributed by atoms with Crippen LogP contribution >= 0.6 is 0 Å². The molecule has 0 bridgehead atoms. The third-order valence-corrected chi connectivity index (χ3v) is 2.43. The topological polar surface area (TPSA) is 38.3 Å². The van der Waals surface area contributed by atoms with E-state index in [1.54, 1.807) is 6.92 Å². The fourth-order valence-corrected chi connectivity index (χ4v) is 1.24. The maximum absolute atomic E-state index is 11.0. The zero-order valence-electron chi connectivity index (χ0n) is 8.30. The molecule has 0 saturated heterocycles. The smallest absolute Gasteiger partial charge is 0.333 e. The van der Waals surface area contributed by atoms with Gasteiger partial charge in [0.05, 0.1) is 7.11 Å². The van der Waals surface area contributed by atoms with E-state index < -0.39 is 0 Å². The van der Waals surface area contributed by atoms with Crippen LogP contribution in [0.2, 0.25) is 0 Å². The highest BCUT2D eigenvalue weighted by molar-refractivity contribution is 5.87. The van der Waals surface area contributed by atoms with Gasteiger partial charge in [0.25, 0.3) is 0 Å². The Hall–Kier alpha value is -0.830. The number of rotatable bonds is 4. The molecule has 0 radical (unpaired) electrons. The van der Waals surface area contributed by atoms with E-state index in [-0.39, 0.29) is 5.97 Å². The third kappa shape index (κ3) is 3.19. The van der Waals surface area contributed by atoms with E-state index in [1.165, 1.54) is 26.4 Å². The molecule has 0 heterocycles.